The Kier molecular flexibility index (Phi) is 6.51. The Bertz CT molecular complexity index is 604. The number of halogens is 4. The molecule has 2 aliphatic rings. The molecule has 0 bridgehead atoms. The van der Waals surface area contributed by atoms with Gasteiger partial charge in [0, 0.05) is 31.1 Å². The Hall–Kier alpha value is -1.11. The van der Waals surface area contributed by atoms with Crippen molar-refractivity contribution in [1.29, 1.82) is 0 Å². The van der Waals surface area contributed by atoms with Gasteiger partial charge in [0.05, 0.1) is 5.56 Å². The molecule has 0 amide bonds. The Labute approximate surface area is 152 Å². The third-order valence-electron chi connectivity index (χ3n) is 5.27. The first-order valence-corrected chi connectivity index (χ1v) is 8.50. The van der Waals surface area contributed by atoms with E-state index < -0.39 is 34.7 Å². The Morgan fingerprint density at radius 2 is 1.84 bits per heavy atom. The molecule has 1 atom stereocenters. The van der Waals surface area contributed by atoms with Crippen molar-refractivity contribution >= 4 is 18.2 Å². The van der Waals surface area contributed by atoms with Crippen molar-refractivity contribution < 1.29 is 18.0 Å². The summed E-state index contributed by atoms with van der Waals surface area (Å²) < 4.78 is 40.6. The molecular weight excluding hydrogens is 353 g/mol. The van der Waals surface area contributed by atoms with Crippen LogP contribution in [0.4, 0.5) is 13.2 Å². The molecule has 2 fully saturated rings. The van der Waals surface area contributed by atoms with Crippen LogP contribution in [0.1, 0.15) is 36.5 Å². The zero-order valence-corrected chi connectivity index (χ0v) is 15.1. The minimum atomic E-state index is -1.11. The van der Waals surface area contributed by atoms with Crippen molar-refractivity contribution in [3.8, 4) is 0 Å². The first-order valence-electron chi connectivity index (χ1n) is 8.50. The average Bonchev–Trinajstić information content (AvgIpc) is 2.93. The average molecular weight is 377 g/mol. The van der Waals surface area contributed by atoms with Gasteiger partial charge in [0.1, 0.15) is 17.5 Å². The lowest BCUT2D eigenvalue weighted by atomic mass is 9.85. The molecule has 2 heterocycles. The van der Waals surface area contributed by atoms with Gasteiger partial charge in [0.15, 0.2) is 5.78 Å². The van der Waals surface area contributed by atoms with Gasteiger partial charge < -0.3 is 10.2 Å². The van der Waals surface area contributed by atoms with E-state index in [0.717, 1.165) is 39.1 Å². The number of hydrogen-bond donors (Lipinski definition) is 1. The van der Waals surface area contributed by atoms with Crippen LogP contribution in [-0.4, -0.2) is 43.4 Å². The summed E-state index contributed by atoms with van der Waals surface area (Å²) in [6.07, 6.45) is 2.30. The van der Waals surface area contributed by atoms with Gasteiger partial charge in [-0.1, -0.05) is 6.92 Å². The minimum Gasteiger partial charge on any atom is -0.316 e. The van der Waals surface area contributed by atoms with Crippen molar-refractivity contribution in [2.45, 2.75) is 26.2 Å². The lowest BCUT2D eigenvalue weighted by molar-refractivity contribution is 0.0789. The van der Waals surface area contributed by atoms with Crippen molar-refractivity contribution in [1.82, 2.24) is 10.2 Å². The quantitative estimate of drug-likeness (QED) is 0.817. The molecule has 0 spiro atoms. The maximum absolute atomic E-state index is 13.8. The zero-order valence-electron chi connectivity index (χ0n) is 14.3. The van der Waals surface area contributed by atoms with Crippen molar-refractivity contribution in [3.05, 3.63) is 35.1 Å². The fourth-order valence-corrected chi connectivity index (χ4v) is 3.88. The van der Waals surface area contributed by atoms with Crippen LogP contribution in [0.2, 0.25) is 0 Å². The number of rotatable bonds is 4. The molecule has 140 valence electrons. The predicted molar refractivity (Wildman–Crippen MR) is 92.7 cm³/mol. The Morgan fingerprint density at radius 3 is 2.36 bits per heavy atom. The summed E-state index contributed by atoms with van der Waals surface area (Å²) in [5, 5.41) is 3.37. The summed E-state index contributed by atoms with van der Waals surface area (Å²) >= 11 is 0. The molecule has 3 rings (SSSR count). The molecular formula is C18H24ClF3N2O. The number of hydrogen-bond acceptors (Lipinski definition) is 3. The highest BCUT2D eigenvalue weighted by molar-refractivity contribution is 5.98. The van der Waals surface area contributed by atoms with Crippen molar-refractivity contribution in [2.24, 2.45) is 11.3 Å². The number of benzene rings is 1. The normalized spacial score (nSPS) is 25.0. The van der Waals surface area contributed by atoms with E-state index in [2.05, 4.69) is 17.1 Å². The molecule has 1 unspecified atom stereocenters. The fraction of sp³-hybridized carbons (Fsp3) is 0.611. The number of piperidine rings is 1. The van der Waals surface area contributed by atoms with Crippen molar-refractivity contribution in [3.63, 3.8) is 0 Å². The van der Waals surface area contributed by atoms with E-state index in [1.165, 1.54) is 0 Å². The SMILES string of the molecule is CC1(CN2CCC(C(=O)c3c(F)cc(F)cc3F)CC2)CCNC1.Cl. The van der Waals surface area contributed by atoms with Crippen molar-refractivity contribution in [2.75, 3.05) is 32.7 Å². The van der Waals surface area contributed by atoms with E-state index in [1.807, 2.05) is 0 Å². The lowest BCUT2D eigenvalue weighted by Crippen LogP contribution is -2.43. The summed E-state index contributed by atoms with van der Waals surface area (Å²) in [6, 6.07) is 1.14. The maximum Gasteiger partial charge on any atom is 0.171 e. The van der Waals surface area contributed by atoms with Crippen LogP contribution in [-0.2, 0) is 0 Å². The molecule has 1 aromatic rings. The smallest absolute Gasteiger partial charge is 0.171 e. The second-order valence-electron chi connectivity index (χ2n) is 7.40. The van der Waals surface area contributed by atoms with Gasteiger partial charge in [-0.05, 0) is 44.3 Å². The molecule has 1 aromatic carbocycles. The van der Waals surface area contributed by atoms with Crippen LogP contribution in [0.5, 0.6) is 0 Å². The van der Waals surface area contributed by atoms with Gasteiger partial charge in [-0.2, -0.15) is 0 Å². The molecule has 2 saturated heterocycles. The van der Waals surface area contributed by atoms with Gasteiger partial charge in [-0.25, -0.2) is 13.2 Å². The first kappa shape index (κ1) is 20.2. The molecule has 7 heteroatoms. The topological polar surface area (TPSA) is 32.3 Å². The molecule has 3 nitrogen and oxygen atoms in total. The summed E-state index contributed by atoms with van der Waals surface area (Å²) in [5.41, 5.74) is -0.340. The van der Waals surface area contributed by atoms with E-state index >= 15 is 0 Å². The van der Waals surface area contributed by atoms with Crippen LogP contribution in [0.15, 0.2) is 12.1 Å². The van der Waals surface area contributed by atoms with Gasteiger partial charge >= 0.3 is 0 Å². The molecule has 0 radical (unpaired) electrons. The Morgan fingerprint density at radius 1 is 1.24 bits per heavy atom. The highest BCUT2D eigenvalue weighted by Crippen LogP contribution is 2.30. The lowest BCUT2D eigenvalue weighted by Gasteiger charge is -2.36. The van der Waals surface area contributed by atoms with Crippen LogP contribution < -0.4 is 5.32 Å². The molecule has 0 aliphatic carbocycles. The summed E-state index contributed by atoms with van der Waals surface area (Å²) in [7, 11) is 0. The first-order chi connectivity index (χ1) is 11.4. The van der Waals surface area contributed by atoms with Crippen LogP contribution in [0.25, 0.3) is 0 Å². The largest absolute Gasteiger partial charge is 0.316 e. The Balaban J connectivity index is 0.00000225. The summed E-state index contributed by atoms with van der Waals surface area (Å²) in [5.74, 6) is -4.16. The monoisotopic (exact) mass is 376 g/mol. The van der Waals surface area contributed by atoms with Gasteiger partial charge in [-0.3, -0.25) is 4.79 Å². The highest BCUT2D eigenvalue weighted by Gasteiger charge is 2.34. The molecule has 25 heavy (non-hydrogen) atoms. The van der Waals surface area contributed by atoms with Crippen LogP contribution in [0.3, 0.4) is 0 Å². The van der Waals surface area contributed by atoms with Gasteiger partial charge in [-0.15, -0.1) is 12.4 Å². The minimum absolute atomic E-state index is 0. The molecule has 0 saturated carbocycles. The molecule has 1 N–H and O–H groups in total. The van der Waals surface area contributed by atoms with E-state index in [0.29, 0.717) is 25.0 Å². The second-order valence-corrected chi connectivity index (χ2v) is 7.40. The van der Waals surface area contributed by atoms with E-state index in [-0.39, 0.29) is 17.8 Å². The zero-order chi connectivity index (χ0) is 17.3. The number of nitrogens with zero attached hydrogens (tertiary/aromatic N) is 1. The van der Waals surface area contributed by atoms with Crippen LogP contribution in [0, 0.1) is 28.8 Å². The number of Topliss-reactive ketones (excluding diaryl/α,β-unsaturated/α-hetero) is 1. The molecule has 0 aromatic heterocycles. The number of nitrogens with one attached hydrogen (secondary N) is 1. The number of carbonyl (C=O) groups is 1. The maximum atomic E-state index is 13.8. The highest BCUT2D eigenvalue weighted by atomic mass is 35.5. The third-order valence-corrected chi connectivity index (χ3v) is 5.27. The van der Waals surface area contributed by atoms with Gasteiger partial charge in [0.25, 0.3) is 0 Å². The van der Waals surface area contributed by atoms with Gasteiger partial charge in [0.2, 0.25) is 0 Å². The third kappa shape index (κ3) is 4.54. The summed E-state index contributed by atoms with van der Waals surface area (Å²) in [4.78, 5) is 14.8. The van der Waals surface area contributed by atoms with E-state index in [4.69, 9.17) is 0 Å². The van der Waals surface area contributed by atoms with E-state index in [9.17, 15) is 18.0 Å². The number of carbonyl (C=O) groups excluding carboxylic acids is 1. The predicted octanol–water partition coefficient (Wildman–Crippen LogP) is 3.42. The van der Waals surface area contributed by atoms with E-state index in [1.54, 1.807) is 0 Å². The molecule has 2 aliphatic heterocycles. The number of ketones is 1. The second kappa shape index (κ2) is 8.06. The standard InChI is InChI=1S/C18H23F3N2O.ClH/c1-18(4-5-22-10-18)11-23-6-2-12(3-7-23)17(24)16-14(20)8-13(19)9-15(16)21;/h8-9,12,22H,2-7,10-11H2,1H3;1H. The number of likely N-dealkylation sites (tertiary alicyclic amines) is 1. The summed E-state index contributed by atoms with van der Waals surface area (Å²) in [6.45, 7) is 6.76. The fourth-order valence-electron chi connectivity index (χ4n) is 3.88. The van der Waals surface area contributed by atoms with Crippen LogP contribution >= 0.6 is 12.4 Å².